The maximum atomic E-state index is 8.88. The molecule has 0 fully saturated rings. The predicted molar refractivity (Wildman–Crippen MR) is 66.1 cm³/mol. The van der Waals surface area contributed by atoms with Gasteiger partial charge in [-0.1, -0.05) is 49.5 Å². The van der Waals surface area contributed by atoms with Gasteiger partial charge in [0.1, 0.15) is 0 Å². The lowest BCUT2D eigenvalue weighted by atomic mass is 10.2. The molecule has 0 aromatic rings. The van der Waals surface area contributed by atoms with E-state index in [-0.39, 0.29) is 13.8 Å². The van der Waals surface area contributed by atoms with Crippen LogP contribution < -0.4 is 0 Å². The molecule has 0 aromatic carbocycles. The van der Waals surface area contributed by atoms with Crippen molar-refractivity contribution in [2.24, 2.45) is 5.92 Å². The summed E-state index contributed by atoms with van der Waals surface area (Å²) >= 11 is 0. The average molecular weight is 213 g/mol. The van der Waals surface area contributed by atoms with E-state index in [2.05, 4.69) is 47.6 Å². The van der Waals surface area contributed by atoms with E-state index in [0.717, 1.165) is 6.16 Å². The van der Waals surface area contributed by atoms with Gasteiger partial charge in [-0.2, -0.15) is 5.26 Å². The van der Waals surface area contributed by atoms with E-state index in [4.69, 9.17) is 5.26 Å². The van der Waals surface area contributed by atoms with E-state index in [1.807, 2.05) is 6.92 Å². The van der Waals surface area contributed by atoms with Crippen molar-refractivity contribution >= 4 is 7.92 Å². The first-order valence-electron chi connectivity index (χ1n) is 5.26. The standard InChI is InChI=1S/C12H24NP/c1-10(8-13)9-14(11(2,3)4)12(5,6)7/h10H,9H2,1-7H3/t10-/m1/s1. The Morgan fingerprint density at radius 2 is 1.43 bits per heavy atom. The average Bonchev–Trinajstić information content (AvgIpc) is 1.95. The normalized spacial score (nSPS) is 15.4. The molecule has 82 valence electrons. The fourth-order valence-corrected chi connectivity index (χ4v) is 5.61. The molecule has 0 aliphatic carbocycles. The van der Waals surface area contributed by atoms with Gasteiger partial charge in [-0.3, -0.25) is 0 Å². The lowest BCUT2D eigenvalue weighted by Gasteiger charge is -2.42. The topological polar surface area (TPSA) is 23.8 Å². The van der Waals surface area contributed by atoms with Crippen LogP contribution in [0.15, 0.2) is 0 Å². The molecule has 0 heterocycles. The molecule has 0 saturated heterocycles. The smallest absolute Gasteiger partial charge is 0.0656 e. The molecule has 0 bridgehead atoms. The van der Waals surface area contributed by atoms with E-state index in [9.17, 15) is 0 Å². The van der Waals surface area contributed by atoms with E-state index < -0.39 is 0 Å². The Labute approximate surface area is 90.6 Å². The number of nitrogens with zero attached hydrogens (tertiary/aromatic N) is 1. The van der Waals surface area contributed by atoms with E-state index in [0.29, 0.717) is 10.3 Å². The van der Waals surface area contributed by atoms with Crippen molar-refractivity contribution in [3.05, 3.63) is 0 Å². The van der Waals surface area contributed by atoms with Gasteiger partial charge in [-0.15, -0.1) is 0 Å². The molecule has 0 spiro atoms. The second-order valence-corrected chi connectivity index (χ2v) is 9.89. The van der Waals surface area contributed by atoms with Gasteiger partial charge in [0.15, 0.2) is 0 Å². The largest absolute Gasteiger partial charge is 0.198 e. The van der Waals surface area contributed by atoms with Crippen LogP contribution in [-0.2, 0) is 0 Å². The highest BCUT2D eigenvalue weighted by Crippen LogP contribution is 2.59. The van der Waals surface area contributed by atoms with Crippen LogP contribution in [-0.4, -0.2) is 16.5 Å². The van der Waals surface area contributed by atoms with Crippen molar-refractivity contribution in [2.45, 2.75) is 58.8 Å². The third-order valence-electron chi connectivity index (χ3n) is 2.30. The van der Waals surface area contributed by atoms with Crippen molar-refractivity contribution in [1.82, 2.24) is 0 Å². The Morgan fingerprint density at radius 3 is 1.64 bits per heavy atom. The zero-order valence-electron chi connectivity index (χ0n) is 10.7. The van der Waals surface area contributed by atoms with Gasteiger partial charge in [0.25, 0.3) is 0 Å². The third-order valence-corrected chi connectivity index (χ3v) is 6.45. The molecule has 0 saturated carbocycles. The minimum atomic E-state index is -0.110. The fraction of sp³-hybridized carbons (Fsp3) is 0.917. The molecule has 0 radical (unpaired) electrons. The molecule has 14 heavy (non-hydrogen) atoms. The molecule has 0 aromatic heterocycles. The first kappa shape index (κ1) is 13.9. The molecule has 1 atom stereocenters. The highest BCUT2D eigenvalue weighted by molar-refractivity contribution is 7.60. The zero-order valence-corrected chi connectivity index (χ0v) is 11.6. The minimum absolute atomic E-state index is 0.110. The zero-order chi connectivity index (χ0) is 11.6. The monoisotopic (exact) mass is 213 g/mol. The second kappa shape index (κ2) is 4.63. The van der Waals surface area contributed by atoms with Crippen molar-refractivity contribution in [1.29, 1.82) is 5.26 Å². The summed E-state index contributed by atoms with van der Waals surface area (Å²) in [6.07, 6.45) is 1.07. The third kappa shape index (κ3) is 4.43. The molecular formula is C12H24NP. The van der Waals surface area contributed by atoms with E-state index in [1.54, 1.807) is 0 Å². The van der Waals surface area contributed by atoms with E-state index >= 15 is 0 Å². The van der Waals surface area contributed by atoms with Crippen LogP contribution in [0.2, 0.25) is 0 Å². The van der Waals surface area contributed by atoms with Gasteiger partial charge in [0.05, 0.1) is 6.07 Å². The minimum Gasteiger partial charge on any atom is -0.198 e. The lowest BCUT2D eigenvalue weighted by Crippen LogP contribution is -2.28. The molecule has 0 aliphatic heterocycles. The molecule has 0 unspecified atom stereocenters. The number of nitriles is 1. The van der Waals surface area contributed by atoms with Crippen LogP contribution in [0, 0.1) is 17.2 Å². The Morgan fingerprint density at radius 1 is 1.07 bits per heavy atom. The van der Waals surface area contributed by atoms with Gasteiger partial charge in [0.2, 0.25) is 0 Å². The molecule has 0 N–H and O–H groups in total. The lowest BCUT2D eigenvalue weighted by molar-refractivity contribution is 0.689. The SMILES string of the molecule is C[C@H](C#N)CP(C(C)(C)C)C(C)(C)C. The highest BCUT2D eigenvalue weighted by atomic mass is 31.1. The highest BCUT2D eigenvalue weighted by Gasteiger charge is 2.34. The Kier molecular flexibility index (Phi) is 4.60. The molecule has 1 nitrogen and oxygen atoms in total. The maximum Gasteiger partial charge on any atom is 0.0656 e. The number of rotatable bonds is 2. The summed E-state index contributed by atoms with van der Waals surface area (Å²) in [5, 5.41) is 9.57. The summed E-state index contributed by atoms with van der Waals surface area (Å²) in [5.41, 5.74) is 0. The van der Waals surface area contributed by atoms with Crippen LogP contribution in [0.25, 0.3) is 0 Å². The number of hydrogen-bond acceptors (Lipinski definition) is 1. The summed E-state index contributed by atoms with van der Waals surface area (Å²) in [7, 11) is -0.110. The van der Waals surface area contributed by atoms with Crippen LogP contribution in [0.5, 0.6) is 0 Å². The first-order valence-corrected chi connectivity index (χ1v) is 6.79. The second-order valence-electron chi connectivity index (χ2n) is 5.98. The predicted octanol–water partition coefficient (Wildman–Crippen LogP) is 4.22. The van der Waals surface area contributed by atoms with Crippen molar-refractivity contribution in [3.8, 4) is 6.07 Å². The molecular weight excluding hydrogens is 189 g/mol. The van der Waals surface area contributed by atoms with Gasteiger partial charge >= 0.3 is 0 Å². The van der Waals surface area contributed by atoms with Gasteiger partial charge in [-0.25, -0.2) is 0 Å². The molecule has 2 heteroatoms. The van der Waals surface area contributed by atoms with Gasteiger partial charge in [-0.05, 0) is 23.4 Å². The summed E-state index contributed by atoms with van der Waals surface area (Å²) < 4.78 is 0. The van der Waals surface area contributed by atoms with Crippen LogP contribution >= 0.6 is 7.92 Å². The van der Waals surface area contributed by atoms with Crippen molar-refractivity contribution in [3.63, 3.8) is 0 Å². The molecule has 0 aliphatic rings. The summed E-state index contributed by atoms with van der Waals surface area (Å²) in [6, 6.07) is 2.36. The Hall–Kier alpha value is -0.0800. The summed E-state index contributed by atoms with van der Waals surface area (Å²) in [4.78, 5) is 0. The number of hydrogen-bond donors (Lipinski definition) is 0. The van der Waals surface area contributed by atoms with Crippen LogP contribution in [0.1, 0.15) is 48.5 Å². The Balaban J connectivity index is 4.70. The Bertz CT molecular complexity index is 200. The summed E-state index contributed by atoms with van der Waals surface area (Å²) in [6.45, 7) is 15.8. The van der Waals surface area contributed by atoms with Crippen molar-refractivity contribution < 1.29 is 0 Å². The van der Waals surface area contributed by atoms with Gasteiger partial charge in [0, 0.05) is 5.92 Å². The molecule has 0 amide bonds. The molecule has 0 rings (SSSR count). The van der Waals surface area contributed by atoms with E-state index in [1.165, 1.54) is 0 Å². The quantitative estimate of drug-likeness (QED) is 0.630. The van der Waals surface area contributed by atoms with Crippen LogP contribution in [0.3, 0.4) is 0 Å². The van der Waals surface area contributed by atoms with Crippen molar-refractivity contribution in [2.75, 3.05) is 6.16 Å². The van der Waals surface area contributed by atoms with Crippen LogP contribution in [0.4, 0.5) is 0 Å². The summed E-state index contributed by atoms with van der Waals surface area (Å²) in [5.74, 6) is 0.194. The maximum absolute atomic E-state index is 8.88. The van der Waals surface area contributed by atoms with Gasteiger partial charge < -0.3 is 0 Å². The first-order chi connectivity index (χ1) is 6.09. The fourth-order valence-electron chi connectivity index (χ4n) is 1.87.